The number of sulfone groups is 1. The molecule has 0 saturated heterocycles. The van der Waals surface area contributed by atoms with Crippen LogP contribution in [0.3, 0.4) is 0 Å². The van der Waals surface area contributed by atoms with E-state index in [1.807, 2.05) is 6.92 Å². The van der Waals surface area contributed by atoms with Crippen LogP contribution in [0.5, 0.6) is 0 Å². The molecule has 0 rings (SSSR count). The van der Waals surface area contributed by atoms with Gasteiger partial charge in [0.05, 0.1) is 0 Å². The summed E-state index contributed by atoms with van der Waals surface area (Å²) in [4.78, 5) is 3.97. The third-order valence-corrected chi connectivity index (χ3v) is 2.69. The van der Waals surface area contributed by atoms with E-state index in [-0.39, 0.29) is 5.04 Å². The minimum Gasteiger partial charge on any atom is -0.246 e. The highest BCUT2D eigenvalue weighted by Crippen LogP contribution is 2.02. The van der Waals surface area contributed by atoms with Crippen LogP contribution in [0.25, 0.3) is 0 Å². The molecule has 0 atom stereocenters. The van der Waals surface area contributed by atoms with E-state index in [9.17, 15) is 8.42 Å². The summed E-state index contributed by atoms with van der Waals surface area (Å²) in [5, 5.41) is 0.248. The van der Waals surface area contributed by atoms with E-state index < -0.39 is 9.84 Å². The molecule has 0 aromatic carbocycles. The maximum absolute atomic E-state index is 11.1. The van der Waals surface area contributed by atoms with Crippen molar-refractivity contribution >= 4 is 14.9 Å². The van der Waals surface area contributed by atoms with Gasteiger partial charge in [0.2, 0.25) is 0 Å². The average Bonchev–Trinajstić information content (AvgIpc) is 1.97. The molecule has 0 amide bonds. The van der Waals surface area contributed by atoms with Gasteiger partial charge < -0.3 is 0 Å². The van der Waals surface area contributed by atoms with Gasteiger partial charge >= 0.3 is 0 Å². The third kappa shape index (κ3) is 3.67. The predicted molar refractivity (Wildman–Crippen MR) is 52.0 cm³/mol. The van der Waals surface area contributed by atoms with E-state index in [0.29, 0.717) is 6.42 Å². The second-order valence-corrected chi connectivity index (χ2v) is 4.58. The number of nitrogens with zero attached hydrogens (tertiary/aromatic N) is 1. The first-order valence-electron chi connectivity index (χ1n) is 3.82. The Morgan fingerprint density at radius 3 is 2.25 bits per heavy atom. The molecule has 0 aliphatic carbocycles. The summed E-state index contributed by atoms with van der Waals surface area (Å²) in [7, 11) is -3.11. The highest BCUT2D eigenvalue weighted by Gasteiger charge is 2.09. The highest BCUT2D eigenvalue weighted by atomic mass is 32.2. The lowest BCUT2D eigenvalue weighted by molar-refractivity contribution is 0.612. The Balaban J connectivity index is 4.94. The zero-order valence-electron chi connectivity index (χ0n) is 7.96. The Bertz CT molecular complexity index is 299. The van der Waals surface area contributed by atoms with Crippen molar-refractivity contribution in [3.8, 4) is 0 Å². The first-order chi connectivity index (χ1) is 5.41. The van der Waals surface area contributed by atoms with Gasteiger partial charge in [-0.05, 0) is 20.3 Å². The molecule has 3 nitrogen and oxygen atoms in total. The predicted octanol–water partition coefficient (Wildman–Crippen LogP) is 1.76. The molecule has 0 saturated carbocycles. The van der Waals surface area contributed by atoms with Crippen molar-refractivity contribution in [1.82, 2.24) is 0 Å². The normalized spacial score (nSPS) is 15.0. The van der Waals surface area contributed by atoms with E-state index in [4.69, 9.17) is 0 Å². The molecular formula is C8H15NO2S. The molecule has 0 heterocycles. The molecule has 70 valence electrons. The lowest BCUT2D eigenvalue weighted by Crippen LogP contribution is -2.11. The SMILES string of the molecule is C/C=C(/C)N=C(CC)S(C)(=O)=O. The van der Waals surface area contributed by atoms with Crippen LogP contribution in [-0.4, -0.2) is 19.7 Å². The molecule has 0 unspecified atom stereocenters. The second-order valence-electron chi connectivity index (χ2n) is 2.56. The van der Waals surface area contributed by atoms with Crippen LogP contribution in [0.4, 0.5) is 0 Å². The van der Waals surface area contributed by atoms with Gasteiger partial charge in [-0.3, -0.25) is 0 Å². The quantitative estimate of drug-likeness (QED) is 0.491. The van der Waals surface area contributed by atoms with E-state index in [0.717, 1.165) is 5.70 Å². The van der Waals surface area contributed by atoms with E-state index >= 15 is 0 Å². The summed E-state index contributed by atoms with van der Waals surface area (Å²) in [5.74, 6) is 0. The van der Waals surface area contributed by atoms with Gasteiger partial charge in [0.25, 0.3) is 0 Å². The van der Waals surface area contributed by atoms with Gasteiger partial charge in [-0.1, -0.05) is 13.0 Å². The van der Waals surface area contributed by atoms with Gasteiger partial charge in [-0.25, -0.2) is 13.4 Å². The fraction of sp³-hybridized carbons (Fsp3) is 0.625. The summed E-state index contributed by atoms with van der Waals surface area (Å²) in [6.07, 6.45) is 3.41. The molecule has 0 N–H and O–H groups in total. The number of hydrogen-bond donors (Lipinski definition) is 0. The van der Waals surface area contributed by atoms with Crippen LogP contribution in [0.15, 0.2) is 16.8 Å². The molecule has 0 aromatic rings. The zero-order chi connectivity index (χ0) is 9.78. The van der Waals surface area contributed by atoms with Gasteiger partial charge in [-0.15, -0.1) is 0 Å². The van der Waals surface area contributed by atoms with Crippen LogP contribution in [0.2, 0.25) is 0 Å². The molecule has 0 bridgehead atoms. The van der Waals surface area contributed by atoms with Gasteiger partial charge in [0, 0.05) is 12.0 Å². The van der Waals surface area contributed by atoms with E-state index in [1.54, 1.807) is 19.9 Å². The highest BCUT2D eigenvalue weighted by molar-refractivity contribution is 8.05. The fourth-order valence-electron chi connectivity index (χ4n) is 0.685. The zero-order valence-corrected chi connectivity index (χ0v) is 8.77. The van der Waals surface area contributed by atoms with E-state index in [1.165, 1.54) is 6.26 Å². The molecule has 4 heteroatoms. The van der Waals surface area contributed by atoms with Gasteiger partial charge in [0.15, 0.2) is 9.84 Å². The molecular weight excluding hydrogens is 174 g/mol. The molecule has 0 spiro atoms. The van der Waals surface area contributed by atoms with Crippen LogP contribution >= 0.6 is 0 Å². The second kappa shape index (κ2) is 4.40. The Morgan fingerprint density at radius 1 is 1.50 bits per heavy atom. The first-order valence-corrected chi connectivity index (χ1v) is 5.71. The maximum Gasteiger partial charge on any atom is 0.188 e. The van der Waals surface area contributed by atoms with Crippen LogP contribution < -0.4 is 0 Å². The lowest BCUT2D eigenvalue weighted by Gasteiger charge is -1.99. The van der Waals surface area contributed by atoms with Crippen molar-refractivity contribution < 1.29 is 8.42 Å². The molecule has 0 aromatic heterocycles. The molecule has 0 aliphatic heterocycles. The van der Waals surface area contributed by atoms with Crippen LogP contribution in [0, 0.1) is 0 Å². The number of aliphatic imine (C=N–C) groups is 1. The Morgan fingerprint density at radius 2 is 2.00 bits per heavy atom. The van der Waals surface area contributed by atoms with Crippen molar-refractivity contribution in [2.75, 3.05) is 6.26 Å². The average molecular weight is 189 g/mol. The topological polar surface area (TPSA) is 46.5 Å². The lowest BCUT2D eigenvalue weighted by atomic mass is 10.4. The Hall–Kier alpha value is -0.640. The van der Waals surface area contributed by atoms with Crippen molar-refractivity contribution in [3.05, 3.63) is 11.8 Å². The largest absolute Gasteiger partial charge is 0.246 e. The standard InChI is InChI=1S/C8H15NO2S/c1-5-7(3)9-8(6-2)12(4,10)11/h5H,6H2,1-4H3/b7-5-,9-8?. The van der Waals surface area contributed by atoms with Crippen molar-refractivity contribution in [3.63, 3.8) is 0 Å². The smallest absolute Gasteiger partial charge is 0.188 e. The monoisotopic (exact) mass is 189 g/mol. The third-order valence-electron chi connectivity index (χ3n) is 1.45. The summed E-state index contributed by atoms with van der Waals surface area (Å²) in [6.45, 7) is 5.39. The summed E-state index contributed by atoms with van der Waals surface area (Å²) >= 11 is 0. The number of allylic oxidation sites excluding steroid dienone is 2. The Labute approximate surface area is 74.1 Å². The minimum absolute atomic E-state index is 0.248. The summed E-state index contributed by atoms with van der Waals surface area (Å²) in [5.41, 5.74) is 0.734. The first kappa shape index (κ1) is 11.4. The van der Waals surface area contributed by atoms with Crippen molar-refractivity contribution in [1.29, 1.82) is 0 Å². The fourth-order valence-corrected chi connectivity index (χ4v) is 1.52. The van der Waals surface area contributed by atoms with Gasteiger partial charge in [-0.2, -0.15) is 0 Å². The molecule has 12 heavy (non-hydrogen) atoms. The number of hydrogen-bond acceptors (Lipinski definition) is 3. The van der Waals surface area contributed by atoms with Crippen molar-refractivity contribution in [2.45, 2.75) is 27.2 Å². The van der Waals surface area contributed by atoms with Crippen molar-refractivity contribution in [2.24, 2.45) is 4.99 Å². The summed E-state index contributed by atoms with van der Waals surface area (Å²) < 4.78 is 22.1. The molecule has 0 radical (unpaired) electrons. The summed E-state index contributed by atoms with van der Waals surface area (Å²) in [6, 6.07) is 0. The molecule has 0 aliphatic rings. The van der Waals surface area contributed by atoms with Gasteiger partial charge in [0.1, 0.15) is 5.04 Å². The minimum atomic E-state index is -3.11. The molecule has 0 fully saturated rings. The maximum atomic E-state index is 11.1. The van der Waals surface area contributed by atoms with Crippen LogP contribution in [-0.2, 0) is 9.84 Å². The van der Waals surface area contributed by atoms with Crippen LogP contribution in [0.1, 0.15) is 27.2 Å². The number of rotatable bonds is 2. The Kier molecular flexibility index (Phi) is 4.17. The van der Waals surface area contributed by atoms with E-state index in [2.05, 4.69) is 4.99 Å².